The van der Waals surface area contributed by atoms with Crippen LogP contribution in [0.2, 0.25) is 0 Å². The summed E-state index contributed by atoms with van der Waals surface area (Å²) in [6.07, 6.45) is 8.18. The summed E-state index contributed by atoms with van der Waals surface area (Å²) < 4.78 is 0. The quantitative estimate of drug-likeness (QED) is 0.623. The van der Waals surface area contributed by atoms with Gasteiger partial charge in [0.05, 0.1) is 12.2 Å². The molecule has 0 atom stereocenters. The summed E-state index contributed by atoms with van der Waals surface area (Å²) in [7, 11) is 0. The fourth-order valence-corrected chi connectivity index (χ4v) is 1.92. The number of hydrogen-bond acceptors (Lipinski definition) is 2. The number of rotatable bonds is 0. The van der Waals surface area contributed by atoms with Crippen LogP contribution in [0.25, 0.3) is 0 Å². The van der Waals surface area contributed by atoms with E-state index in [-0.39, 0.29) is 0 Å². The van der Waals surface area contributed by atoms with Crippen LogP contribution in [-0.4, -0.2) is 10.7 Å². The zero-order valence-electron chi connectivity index (χ0n) is 8.64. The minimum Gasteiger partial charge on any atom is -0.329 e. The second kappa shape index (κ2) is 3.09. The smallest absolute Gasteiger partial charge is 0.133 e. The molecule has 0 fully saturated rings. The van der Waals surface area contributed by atoms with E-state index < -0.39 is 0 Å². The Hall–Kier alpha value is -1.83. The molecule has 0 unspecified atom stereocenters. The van der Waals surface area contributed by atoms with Crippen LogP contribution in [-0.2, 0) is 6.54 Å². The zero-order chi connectivity index (χ0) is 10.3. The Bertz CT molecular complexity index is 495. The van der Waals surface area contributed by atoms with Gasteiger partial charge in [-0.1, -0.05) is 18.2 Å². The lowest BCUT2D eigenvalue weighted by Crippen LogP contribution is -2.27. The molecule has 0 spiro atoms. The van der Waals surface area contributed by atoms with Crippen molar-refractivity contribution in [3.63, 3.8) is 0 Å². The van der Waals surface area contributed by atoms with Gasteiger partial charge in [-0.05, 0) is 36.3 Å². The first-order valence-corrected chi connectivity index (χ1v) is 5.13. The third-order valence-electron chi connectivity index (χ3n) is 2.73. The summed E-state index contributed by atoms with van der Waals surface area (Å²) in [5.41, 5.74) is 3.67. The summed E-state index contributed by atoms with van der Waals surface area (Å²) in [5.74, 6) is 1.04. The fourth-order valence-electron chi connectivity index (χ4n) is 1.92. The van der Waals surface area contributed by atoms with Crippen LogP contribution in [0.15, 0.2) is 47.6 Å². The molecular formula is C13H12N2. The maximum Gasteiger partial charge on any atom is 0.133 e. The normalized spacial score (nSPS) is 17.1. The molecule has 1 aromatic rings. The zero-order valence-corrected chi connectivity index (χ0v) is 8.64. The molecule has 0 aliphatic carbocycles. The molecule has 1 aromatic carbocycles. The van der Waals surface area contributed by atoms with Gasteiger partial charge in [-0.2, -0.15) is 0 Å². The van der Waals surface area contributed by atoms with Crippen molar-refractivity contribution in [3.05, 3.63) is 53.8 Å². The van der Waals surface area contributed by atoms with Crippen molar-refractivity contribution >= 4 is 11.5 Å². The van der Waals surface area contributed by atoms with E-state index in [0.717, 1.165) is 18.1 Å². The fraction of sp³-hybridized carbons (Fsp3) is 0.154. The summed E-state index contributed by atoms with van der Waals surface area (Å²) in [6, 6.07) is 6.45. The molecule has 0 aromatic heterocycles. The van der Waals surface area contributed by atoms with Crippen LogP contribution >= 0.6 is 0 Å². The number of amidine groups is 1. The molecular weight excluding hydrogens is 184 g/mol. The molecule has 0 saturated carbocycles. The molecule has 0 amide bonds. The number of aliphatic imine (C=N–C) groups is 1. The van der Waals surface area contributed by atoms with Crippen molar-refractivity contribution < 1.29 is 0 Å². The minimum atomic E-state index is 0.926. The van der Waals surface area contributed by atoms with Gasteiger partial charge >= 0.3 is 0 Å². The Morgan fingerprint density at radius 3 is 3.13 bits per heavy atom. The van der Waals surface area contributed by atoms with Gasteiger partial charge in [0.1, 0.15) is 5.84 Å². The summed E-state index contributed by atoms with van der Waals surface area (Å²) in [5, 5.41) is 0. The highest BCUT2D eigenvalue weighted by molar-refractivity contribution is 5.97. The molecule has 2 heterocycles. The van der Waals surface area contributed by atoms with E-state index in [2.05, 4.69) is 41.2 Å². The number of aryl methyl sites for hydroxylation is 1. The Labute approximate surface area is 89.3 Å². The Kier molecular flexibility index (Phi) is 1.75. The Morgan fingerprint density at radius 1 is 1.27 bits per heavy atom. The van der Waals surface area contributed by atoms with Gasteiger partial charge in [-0.15, -0.1) is 0 Å². The van der Waals surface area contributed by atoms with Crippen molar-refractivity contribution in [1.82, 2.24) is 4.90 Å². The van der Waals surface area contributed by atoms with Crippen LogP contribution in [0, 0.1) is 6.92 Å². The van der Waals surface area contributed by atoms with Crippen molar-refractivity contribution in [2.24, 2.45) is 4.99 Å². The highest BCUT2D eigenvalue weighted by atomic mass is 15.2. The van der Waals surface area contributed by atoms with E-state index in [0.29, 0.717) is 0 Å². The monoisotopic (exact) mass is 196 g/mol. The molecule has 2 aliphatic heterocycles. The second-order valence-electron chi connectivity index (χ2n) is 3.93. The maximum absolute atomic E-state index is 4.63. The largest absolute Gasteiger partial charge is 0.329 e. The van der Waals surface area contributed by atoms with Gasteiger partial charge in [-0.3, -0.25) is 0 Å². The van der Waals surface area contributed by atoms with E-state index in [4.69, 9.17) is 0 Å². The Morgan fingerprint density at radius 2 is 2.20 bits per heavy atom. The summed E-state index contributed by atoms with van der Waals surface area (Å²) in [4.78, 5) is 6.80. The summed E-state index contributed by atoms with van der Waals surface area (Å²) in [6.45, 7) is 3.03. The molecule has 0 saturated heterocycles. The molecule has 2 nitrogen and oxygen atoms in total. The lowest BCUT2D eigenvalue weighted by atomic mass is 10.1. The average Bonchev–Trinajstić information content (AvgIpc) is 2.26. The van der Waals surface area contributed by atoms with E-state index in [1.165, 1.54) is 11.1 Å². The van der Waals surface area contributed by atoms with Gasteiger partial charge in [0.2, 0.25) is 0 Å². The first-order valence-electron chi connectivity index (χ1n) is 5.13. The second-order valence-corrected chi connectivity index (χ2v) is 3.93. The SMILES string of the molecule is Cc1ccc2c(c1)N=C1C=CC=CN1C2. The van der Waals surface area contributed by atoms with Gasteiger partial charge in [0.25, 0.3) is 0 Å². The summed E-state index contributed by atoms with van der Waals surface area (Å²) >= 11 is 0. The van der Waals surface area contributed by atoms with Crippen molar-refractivity contribution in [2.75, 3.05) is 0 Å². The van der Waals surface area contributed by atoms with Gasteiger partial charge < -0.3 is 4.90 Å². The van der Waals surface area contributed by atoms with E-state index in [1.54, 1.807) is 0 Å². The van der Waals surface area contributed by atoms with Crippen LogP contribution in [0.1, 0.15) is 11.1 Å². The molecule has 0 bridgehead atoms. The van der Waals surface area contributed by atoms with Crippen LogP contribution in [0.3, 0.4) is 0 Å². The van der Waals surface area contributed by atoms with E-state index in [9.17, 15) is 0 Å². The number of fused-ring (bicyclic) bond motifs is 2. The van der Waals surface area contributed by atoms with Gasteiger partial charge in [0.15, 0.2) is 0 Å². The van der Waals surface area contributed by atoms with Crippen molar-refractivity contribution in [3.8, 4) is 0 Å². The number of benzene rings is 1. The van der Waals surface area contributed by atoms with Crippen LogP contribution < -0.4 is 0 Å². The molecule has 2 aliphatic rings. The first kappa shape index (κ1) is 8.48. The molecule has 0 N–H and O–H groups in total. The van der Waals surface area contributed by atoms with Crippen LogP contribution in [0.4, 0.5) is 5.69 Å². The molecule has 3 rings (SSSR count). The molecule has 15 heavy (non-hydrogen) atoms. The van der Waals surface area contributed by atoms with Crippen molar-refractivity contribution in [2.45, 2.75) is 13.5 Å². The van der Waals surface area contributed by atoms with Crippen LogP contribution in [0.5, 0.6) is 0 Å². The van der Waals surface area contributed by atoms with Gasteiger partial charge in [-0.25, -0.2) is 4.99 Å². The number of allylic oxidation sites excluding steroid dienone is 2. The first-order chi connectivity index (χ1) is 7.33. The number of hydrogen-bond donors (Lipinski definition) is 0. The predicted molar refractivity (Wildman–Crippen MR) is 62.1 cm³/mol. The number of nitrogens with zero attached hydrogens (tertiary/aromatic N) is 2. The lowest BCUT2D eigenvalue weighted by molar-refractivity contribution is 0.544. The standard InChI is InChI=1S/C13H12N2/c1-10-5-6-11-9-15-7-3-2-4-13(15)14-12(11)8-10/h2-8H,9H2,1H3. The van der Waals surface area contributed by atoms with E-state index in [1.807, 2.05) is 18.2 Å². The highest BCUT2D eigenvalue weighted by Gasteiger charge is 2.16. The highest BCUT2D eigenvalue weighted by Crippen LogP contribution is 2.28. The minimum absolute atomic E-state index is 0.926. The molecule has 0 radical (unpaired) electrons. The topological polar surface area (TPSA) is 15.6 Å². The van der Waals surface area contributed by atoms with Gasteiger partial charge in [0, 0.05) is 6.20 Å². The predicted octanol–water partition coefficient (Wildman–Crippen LogP) is 2.92. The van der Waals surface area contributed by atoms with Crippen molar-refractivity contribution in [1.29, 1.82) is 0 Å². The third-order valence-corrected chi connectivity index (χ3v) is 2.73. The third kappa shape index (κ3) is 1.38. The Balaban J connectivity index is 2.12. The molecule has 2 heteroatoms. The maximum atomic E-state index is 4.63. The lowest BCUT2D eigenvalue weighted by Gasteiger charge is -2.27. The molecule has 74 valence electrons. The van der Waals surface area contributed by atoms with E-state index >= 15 is 0 Å². The average molecular weight is 196 g/mol.